The minimum atomic E-state index is 1.02. The molecule has 1 aromatic heterocycles. The molecule has 0 fully saturated rings. The Morgan fingerprint density at radius 3 is 2.12 bits per heavy atom. The van der Waals surface area contributed by atoms with Gasteiger partial charge in [0.05, 0.1) is 18.1 Å². The van der Waals surface area contributed by atoms with Crippen molar-refractivity contribution in [3.63, 3.8) is 0 Å². The van der Waals surface area contributed by atoms with Crippen molar-refractivity contribution in [1.82, 2.24) is 15.0 Å². The quantitative estimate of drug-likeness (QED) is 0.666. The van der Waals surface area contributed by atoms with E-state index in [1.54, 1.807) is 10.9 Å². The Labute approximate surface area is 99.3 Å². The molecule has 3 rings (SSSR count). The van der Waals surface area contributed by atoms with Crippen molar-refractivity contribution in [3.8, 4) is 16.8 Å². The molecule has 0 aliphatic heterocycles. The fourth-order valence-corrected chi connectivity index (χ4v) is 1.78. The molecule has 82 valence electrons. The molecule has 0 radical (unpaired) electrons. The van der Waals surface area contributed by atoms with Gasteiger partial charge in [0.15, 0.2) is 0 Å². The summed E-state index contributed by atoms with van der Waals surface area (Å²) in [7, 11) is 0. The average Bonchev–Trinajstić information content (AvgIpc) is 2.94. The van der Waals surface area contributed by atoms with Gasteiger partial charge in [-0.1, -0.05) is 47.7 Å². The molecule has 0 unspecified atom stereocenters. The maximum absolute atomic E-state index is 3.96. The summed E-state index contributed by atoms with van der Waals surface area (Å²) in [6.07, 6.45) is 3.50. The lowest BCUT2D eigenvalue weighted by molar-refractivity contribution is 0.803. The van der Waals surface area contributed by atoms with Crippen LogP contribution in [0.2, 0.25) is 0 Å². The highest BCUT2D eigenvalue weighted by Crippen LogP contribution is 2.20. The Bertz CT molecular complexity index is 583. The maximum Gasteiger partial charge on any atom is 0.0697 e. The van der Waals surface area contributed by atoms with Crippen LogP contribution in [-0.4, -0.2) is 15.0 Å². The predicted octanol–water partition coefficient (Wildman–Crippen LogP) is 2.93. The molecule has 2 aromatic carbocycles. The molecule has 0 amide bonds. The van der Waals surface area contributed by atoms with E-state index < -0.39 is 0 Å². The normalized spacial score (nSPS) is 10.4. The van der Waals surface area contributed by atoms with Crippen LogP contribution >= 0.6 is 0 Å². The Morgan fingerprint density at radius 1 is 0.765 bits per heavy atom. The van der Waals surface area contributed by atoms with E-state index in [1.807, 2.05) is 36.5 Å². The second-order valence-corrected chi connectivity index (χ2v) is 3.76. The molecule has 3 heteroatoms. The highest BCUT2D eigenvalue weighted by molar-refractivity contribution is 5.64. The topological polar surface area (TPSA) is 30.7 Å². The minimum Gasteiger partial charge on any atom is -0.221 e. The van der Waals surface area contributed by atoms with Gasteiger partial charge in [-0.2, -0.15) is 0 Å². The molecule has 17 heavy (non-hydrogen) atoms. The summed E-state index contributed by atoms with van der Waals surface area (Å²) in [5, 5.41) is 7.75. The number of benzene rings is 2. The van der Waals surface area contributed by atoms with Gasteiger partial charge in [-0.3, -0.25) is 0 Å². The fraction of sp³-hybridized carbons (Fsp3) is 0. The lowest BCUT2D eigenvalue weighted by Gasteiger charge is -2.03. The van der Waals surface area contributed by atoms with E-state index in [4.69, 9.17) is 0 Å². The van der Waals surface area contributed by atoms with E-state index in [2.05, 4.69) is 34.6 Å². The first-order valence-electron chi connectivity index (χ1n) is 5.46. The van der Waals surface area contributed by atoms with Crippen molar-refractivity contribution in [1.29, 1.82) is 0 Å². The third-order valence-electron chi connectivity index (χ3n) is 2.66. The van der Waals surface area contributed by atoms with Crippen molar-refractivity contribution < 1.29 is 0 Å². The number of nitrogens with zero attached hydrogens (tertiary/aromatic N) is 3. The van der Waals surface area contributed by atoms with E-state index >= 15 is 0 Å². The first kappa shape index (κ1) is 9.78. The third-order valence-corrected chi connectivity index (χ3v) is 2.66. The van der Waals surface area contributed by atoms with Crippen molar-refractivity contribution in [3.05, 3.63) is 67.0 Å². The summed E-state index contributed by atoms with van der Waals surface area (Å²) in [4.78, 5) is 0. The summed E-state index contributed by atoms with van der Waals surface area (Å²) in [6, 6.07) is 18.6. The van der Waals surface area contributed by atoms with Crippen molar-refractivity contribution in [2.45, 2.75) is 0 Å². The number of aromatic nitrogens is 3. The van der Waals surface area contributed by atoms with E-state index in [0.29, 0.717) is 0 Å². The van der Waals surface area contributed by atoms with Gasteiger partial charge < -0.3 is 0 Å². The molecular weight excluding hydrogens is 210 g/mol. The molecule has 1 heterocycles. The lowest BCUT2D eigenvalue weighted by Crippen LogP contribution is -1.94. The van der Waals surface area contributed by atoms with Crippen LogP contribution in [0.5, 0.6) is 0 Å². The third kappa shape index (κ3) is 1.95. The molecule has 0 bridgehead atoms. The Balaban J connectivity index is 1.96. The van der Waals surface area contributed by atoms with Crippen LogP contribution in [-0.2, 0) is 0 Å². The van der Waals surface area contributed by atoms with E-state index in [1.165, 1.54) is 11.1 Å². The summed E-state index contributed by atoms with van der Waals surface area (Å²) in [5.74, 6) is 0. The second kappa shape index (κ2) is 4.22. The van der Waals surface area contributed by atoms with Gasteiger partial charge in [0.1, 0.15) is 0 Å². The summed E-state index contributed by atoms with van der Waals surface area (Å²) in [5.41, 5.74) is 3.44. The van der Waals surface area contributed by atoms with Gasteiger partial charge in [0.2, 0.25) is 0 Å². The van der Waals surface area contributed by atoms with E-state index in [-0.39, 0.29) is 0 Å². The first-order chi connectivity index (χ1) is 8.43. The average molecular weight is 221 g/mol. The Kier molecular flexibility index (Phi) is 2.43. The van der Waals surface area contributed by atoms with Crippen molar-refractivity contribution in [2.75, 3.05) is 0 Å². The molecule has 0 saturated carbocycles. The van der Waals surface area contributed by atoms with E-state index in [9.17, 15) is 0 Å². The molecule has 0 atom stereocenters. The number of hydrogen-bond acceptors (Lipinski definition) is 2. The Hall–Kier alpha value is -2.42. The summed E-state index contributed by atoms with van der Waals surface area (Å²) >= 11 is 0. The molecular formula is C14H11N3. The highest BCUT2D eigenvalue weighted by Gasteiger charge is 1.99. The van der Waals surface area contributed by atoms with Gasteiger partial charge in [-0.25, -0.2) is 4.68 Å². The van der Waals surface area contributed by atoms with Crippen LogP contribution in [0.15, 0.2) is 67.0 Å². The molecule has 0 aliphatic carbocycles. The standard InChI is InChI=1S/C14H11N3/c1-2-4-12(5-3-1)13-6-8-14(9-7-13)17-11-10-15-16-17/h1-11H. The second-order valence-electron chi connectivity index (χ2n) is 3.76. The van der Waals surface area contributed by atoms with Gasteiger partial charge in [0.25, 0.3) is 0 Å². The fourth-order valence-electron chi connectivity index (χ4n) is 1.78. The zero-order valence-electron chi connectivity index (χ0n) is 9.19. The molecule has 0 saturated heterocycles. The molecule has 0 N–H and O–H groups in total. The van der Waals surface area contributed by atoms with Crippen LogP contribution in [0.1, 0.15) is 0 Å². The van der Waals surface area contributed by atoms with Crippen molar-refractivity contribution >= 4 is 0 Å². The molecule has 3 nitrogen and oxygen atoms in total. The maximum atomic E-state index is 3.96. The molecule has 3 aromatic rings. The van der Waals surface area contributed by atoms with Crippen LogP contribution in [0.25, 0.3) is 16.8 Å². The van der Waals surface area contributed by atoms with Crippen LogP contribution < -0.4 is 0 Å². The zero-order valence-corrected chi connectivity index (χ0v) is 9.19. The zero-order chi connectivity index (χ0) is 11.5. The van der Waals surface area contributed by atoms with Gasteiger partial charge >= 0.3 is 0 Å². The SMILES string of the molecule is c1ccc(-c2ccc(-n3ccnn3)cc2)cc1. The van der Waals surface area contributed by atoms with Crippen LogP contribution in [0.3, 0.4) is 0 Å². The monoisotopic (exact) mass is 221 g/mol. The Morgan fingerprint density at radius 2 is 1.47 bits per heavy atom. The number of rotatable bonds is 2. The van der Waals surface area contributed by atoms with Crippen LogP contribution in [0.4, 0.5) is 0 Å². The van der Waals surface area contributed by atoms with Gasteiger partial charge in [-0.15, -0.1) is 5.10 Å². The highest BCUT2D eigenvalue weighted by atomic mass is 15.4. The van der Waals surface area contributed by atoms with Crippen LogP contribution in [0, 0.1) is 0 Å². The van der Waals surface area contributed by atoms with Gasteiger partial charge in [-0.05, 0) is 23.3 Å². The number of hydrogen-bond donors (Lipinski definition) is 0. The lowest BCUT2D eigenvalue weighted by atomic mass is 10.1. The summed E-state index contributed by atoms with van der Waals surface area (Å²) < 4.78 is 1.74. The predicted molar refractivity (Wildman–Crippen MR) is 66.8 cm³/mol. The van der Waals surface area contributed by atoms with E-state index in [0.717, 1.165) is 5.69 Å². The molecule has 0 spiro atoms. The smallest absolute Gasteiger partial charge is 0.0697 e. The summed E-state index contributed by atoms with van der Waals surface area (Å²) in [6.45, 7) is 0. The minimum absolute atomic E-state index is 1.02. The van der Waals surface area contributed by atoms with Crippen molar-refractivity contribution in [2.24, 2.45) is 0 Å². The first-order valence-corrected chi connectivity index (χ1v) is 5.46. The largest absolute Gasteiger partial charge is 0.221 e. The molecule has 0 aliphatic rings. The van der Waals surface area contributed by atoms with Gasteiger partial charge in [0, 0.05) is 0 Å².